The molecular formula is C20H28N4O2S. The van der Waals surface area contributed by atoms with Gasteiger partial charge in [0, 0.05) is 56.8 Å². The average Bonchev–Trinajstić information content (AvgIpc) is 3.12. The molecule has 1 aromatic carbocycles. The second-order valence-electron chi connectivity index (χ2n) is 7.03. The van der Waals surface area contributed by atoms with Crippen molar-refractivity contribution in [2.24, 2.45) is 0 Å². The number of aromatic nitrogens is 1. The maximum atomic E-state index is 11.9. The van der Waals surface area contributed by atoms with E-state index in [9.17, 15) is 4.79 Å². The van der Waals surface area contributed by atoms with Crippen LogP contribution in [0, 0.1) is 0 Å². The van der Waals surface area contributed by atoms with Crippen molar-refractivity contribution in [2.75, 3.05) is 46.4 Å². The maximum absolute atomic E-state index is 11.9. The molecule has 0 atom stereocenters. The van der Waals surface area contributed by atoms with Gasteiger partial charge in [-0.2, -0.15) is 0 Å². The first kappa shape index (κ1) is 19.9. The third-order valence-electron chi connectivity index (χ3n) is 4.73. The summed E-state index contributed by atoms with van der Waals surface area (Å²) in [4.78, 5) is 21.4. The number of piperazine rings is 1. The van der Waals surface area contributed by atoms with E-state index in [1.165, 1.54) is 5.56 Å². The number of rotatable bonds is 8. The van der Waals surface area contributed by atoms with E-state index in [2.05, 4.69) is 51.4 Å². The average molecular weight is 389 g/mol. The Bertz CT molecular complexity index is 741. The van der Waals surface area contributed by atoms with Crippen molar-refractivity contribution in [1.82, 2.24) is 20.1 Å². The van der Waals surface area contributed by atoms with Crippen molar-refractivity contribution in [3.8, 4) is 10.6 Å². The highest BCUT2D eigenvalue weighted by Gasteiger charge is 2.14. The second-order valence-corrected chi connectivity index (χ2v) is 7.89. The largest absolute Gasteiger partial charge is 0.396 e. The van der Waals surface area contributed by atoms with Crippen LogP contribution < -0.4 is 5.32 Å². The van der Waals surface area contributed by atoms with E-state index in [1.54, 1.807) is 11.3 Å². The molecule has 1 saturated heterocycles. The molecule has 1 fully saturated rings. The van der Waals surface area contributed by atoms with Crippen molar-refractivity contribution >= 4 is 17.2 Å². The molecular weight excluding hydrogens is 360 g/mol. The number of nitrogens with one attached hydrogen (secondary N) is 1. The monoisotopic (exact) mass is 388 g/mol. The minimum Gasteiger partial charge on any atom is -0.396 e. The standard InChI is InChI=1S/C20H28N4O2S/c1-23-7-9-24(10-8-23)14-16-4-2-5-17(12-16)20-22-18(15-27-20)13-19(26)21-6-3-11-25/h2,4-5,12,15,25H,3,6-11,13-14H2,1H3,(H,21,26). The predicted molar refractivity (Wildman–Crippen MR) is 109 cm³/mol. The SMILES string of the molecule is CN1CCN(Cc2cccc(-c3nc(CC(=O)NCCCO)cs3)c2)CC1. The van der Waals surface area contributed by atoms with E-state index >= 15 is 0 Å². The highest BCUT2D eigenvalue weighted by molar-refractivity contribution is 7.13. The van der Waals surface area contributed by atoms with Gasteiger partial charge in [0.2, 0.25) is 5.91 Å². The molecule has 2 heterocycles. The van der Waals surface area contributed by atoms with Crippen molar-refractivity contribution in [3.05, 3.63) is 40.9 Å². The van der Waals surface area contributed by atoms with Gasteiger partial charge >= 0.3 is 0 Å². The number of aliphatic hydroxyl groups is 1. The zero-order chi connectivity index (χ0) is 19.1. The van der Waals surface area contributed by atoms with Crippen molar-refractivity contribution < 1.29 is 9.90 Å². The highest BCUT2D eigenvalue weighted by Crippen LogP contribution is 2.25. The quantitative estimate of drug-likeness (QED) is 0.673. The fourth-order valence-electron chi connectivity index (χ4n) is 3.12. The summed E-state index contributed by atoms with van der Waals surface area (Å²) in [6, 6.07) is 8.55. The first-order valence-electron chi connectivity index (χ1n) is 9.46. The van der Waals surface area contributed by atoms with Crippen LogP contribution in [0.3, 0.4) is 0 Å². The van der Waals surface area contributed by atoms with Gasteiger partial charge in [-0.25, -0.2) is 4.98 Å². The number of likely N-dealkylation sites (N-methyl/N-ethyl adjacent to an activating group) is 1. The van der Waals surface area contributed by atoms with Gasteiger partial charge in [0.25, 0.3) is 0 Å². The Morgan fingerprint density at radius 2 is 2.11 bits per heavy atom. The van der Waals surface area contributed by atoms with Crippen LogP contribution in [0.15, 0.2) is 29.6 Å². The summed E-state index contributed by atoms with van der Waals surface area (Å²) in [5.74, 6) is -0.0517. The third kappa shape index (κ3) is 6.10. The Morgan fingerprint density at radius 3 is 2.89 bits per heavy atom. The molecule has 0 unspecified atom stereocenters. The third-order valence-corrected chi connectivity index (χ3v) is 5.67. The van der Waals surface area contributed by atoms with Gasteiger partial charge in [-0.15, -0.1) is 11.3 Å². The molecule has 6 nitrogen and oxygen atoms in total. The molecule has 7 heteroatoms. The number of thiazole rings is 1. The minimum atomic E-state index is -0.0517. The second kappa shape index (κ2) is 9.94. The molecule has 0 bridgehead atoms. The summed E-state index contributed by atoms with van der Waals surface area (Å²) in [6.45, 7) is 6.01. The number of benzene rings is 1. The maximum Gasteiger partial charge on any atom is 0.226 e. The molecule has 3 rings (SSSR count). The summed E-state index contributed by atoms with van der Waals surface area (Å²) in [5, 5.41) is 14.5. The van der Waals surface area contributed by atoms with E-state index < -0.39 is 0 Å². The lowest BCUT2D eigenvalue weighted by Crippen LogP contribution is -2.43. The molecule has 0 aliphatic carbocycles. The van der Waals surface area contributed by atoms with E-state index in [0.29, 0.717) is 13.0 Å². The molecule has 2 N–H and O–H groups in total. The number of aliphatic hydroxyl groups excluding tert-OH is 1. The minimum absolute atomic E-state index is 0.0517. The van der Waals surface area contributed by atoms with Crippen LogP contribution in [0.4, 0.5) is 0 Å². The van der Waals surface area contributed by atoms with Crippen molar-refractivity contribution in [2.45, 2.75) is 19.4 Å². The zero-order valence-corrected chi connectivity index (χ0v) is 16.7. The number of amides is 1. The number of hydrogen-bond acceptors (Lipinski definition) is 6. The fourth-order valence-corrected chi connectivity index (χ4v) is 3.94. The van der Waals surface area contributed by atoms with E-state index in [0.717, 1.165) is 49.0 Å². The molecule has 0 saturated carbocycles. The lowest BCUT2D eigenvalue weighted by molar-refractivity contribution is -0.120. The number of hydrogen-bond donors (Lipinski definition) is 2. The number of carbonyl (C=O) groups excluding carboxylic acids is 1. The van der Waals surface area contributed by atoms with Crippen LogP contribution in [0.1, 0.15) is 17.7 Å². The van der Waals surface area contributed by atoms with Gasteiger partial charge in [-0.3, -0.25) is 9.69 Å². The molecule has 1 amide bonds. The molecule has 1 aliphatic heterocycles. The smallest absolute Gasteiger partial charge is 0.226 e. The zero-order valence-electron chi connectivity index (χ0n) is 15.9. The van der Waals surface area contributed by atoms with Gasteiger partial charge < -0.3 is 15.3 Å². The normalized spacial score (nSPS) is 15.8. The first-order chi connectivity index (χ1) is 13.1. The lowest BCUT2D eigenvalue weighted by Gasteiger charge is -2.32. The summed E-state index contributed by atoms with van der Waals surface area (Å²) >= 11 is 1.58. The number of carbonyl (C=O) groups is 1. The Balaban J connectivity index is 1.58. The topological polar surface area (TPSA) is 68.7 Å². The Morgan fingerprint density at radius 1 is 1.30 bits per heavy atom. The van der Waals surface area contributed by atoms with E-state index in [-0.39, 0.29) is 18.9 Å². The molecule has 146 valence electrons. The molecule has 1 aromatic heterocycles. The summed E-state index contributed by atoms with van der Waals surface area (Å²) in [7, 11) is 2.17. The van der Waals surface area contributed by atoms with E-state index in [4.69, 9.17) is 5.11 Å². The van der Waals surface area contributed by atoms with Crippen LogP contribution in [-0.4, -0.2) is 72.2 Å². The Hall–Kier alpha value is -1.80. The molecule has 0 radical (unpaired) electrons. The van der Waals surface area contributed by atoms with Gasteiger partial charge in [-0.1, -0.05) is 18.2 Å². The number of nitrogens with zero attached hydrogens (tertiary/aromatic N) is 3. The van der Waals surface area contributed by atoms with Crippen LogP contribution in [0.5, 0.6) is 0 Å². The summed E-state index contributed by atoms with van der Waals surface area (Å²) < 4.78 is 0. The molecule has 27 heavy (non-hydrogen) atoms. The van der Waals surface area contributed by atoms with Gasteiger partial charge in [0.15, 0.2) is 0 Å². The lowest BCUT2D eigenvalue weighted by atomic mass is 10.1. The van der Waals surface area contributed by atoms with Crippen LogP contribution in [-0.2, 0) is 17.8 Å². The highest BCUT2D eigenvalue weighted by atomic mass is 32.1. The molecule has 2 aromatic rings. The van der Waals surface area contributed by atoms with Crippen molar-refractivity contribution in [1.29, 1.82) is 0 Å². The van der Waals surface area contributed by atoms with Crippen molar-refractivity contribution in [3.63, 3.8) is 0 Å². The Labute approximate surface area is 164 Å². The molecule has 1 aliphatic rings. The predicted octanol–water partition coefficient (Wildman–Crippen LogP) is 1.60. The fraction of sp³-hybridized carbons (Fsp3) is 0.500. The molecule has 0 spiro atoms. The summed E-state index contributed by atoms with van der Waals surface area (Å²) in [5.41, 5.74) is 3.20. The first-order valence-corrected chi connectivity index (χ1v) is 10.3. The summed E-state index contributed by atoms with van der Waals surface area (Å²) in [6.07, 6.45) is 0.858. The van der Waals surface area contributed by atoms with Gasteiger partial charge in [0.05, 0.1) is 12.1 Å². The van der Waals surface area contributed by atoms with E-state index in [1.807, 2.05) is 5.38 Å². The van der Waals surface area contributed by atoms with Gasteiger partial charge in [-0.05, 0) is 25.1 Å². The van der Waals surface area contributed by atoms with Crippen LogP contribution in [0.25, 0.3) is 10.6 Å². The van der Waals surface area contributed by atoms with Crippen LogP contribution in [0.2, 0.25) is 0 Å². The van der Waals surface area contributed by atoms with Crippen LogP contribution >= 0.6 is 11.3 Å². The Kier molecular flexibility index (Phi) is 7.34. The van der Waals surface area contributed by atoms with Gasteiger partial charge in [0.1, 0.15) is 5.01 Å².